The normalized spacial score (nSPS) is 25.6. The van der Waals surface area contributed by atoms with Crippen LogP contribution in [0, 0.1) is 12.8 Å². The Morgan fingerprint density at radius 2 is 2.14 bits per heavy atom. The summed E-state index contributed by atoms with van der Waals surface area (Å²) in [4.78, 5) is 0. The Balaban J connectivity index is 2.09. The van der Waals surface area contributed by atoms with Gasteiger partial charge in [0.1, 0.15) is 11.9 Å². The van der Waals surface area contributed by atoms with Gasteiger partial charge < -0.3 is 4.74 Å². The van der Waals surface area contributed by atoms with E-state index in [1.54, 1.807) is 0 Å². The van der Waals surface area contributed by atoms with Gasteiger partial charge in [0.2, 0.25) is 0 Å². The maximum absolute atomic E-state index is 5.89. The van der Waals surface area contributed by atoms with Gasteiger partial charge in [-0.25, -0.2) is 0 Å². The quantitative estimate of drug-likeness (QED) is 0.721. The van der Waals surface area contributed by atoms with Crippen molar-refractivity contribution in [2.45, 2.75) is 32.8 Å². The molecule has 0 bridgehead atoms. The molecule has 0 heterocycles. The van der Waals surface area contributed by atoms with Crippen molar-refractivity contribution in [3.63, 3.8) is 0 Å². The summed E-state index contributed by atoms with van der Waals surface area (Å²) < 4.78 is 5.89. The van der Waals surface area contributed by atoms with Crippen LogP contribution in [-0.4, -0.2) is 6.10 Å². The van der Waals surface area contributed by atoms with E-state index < -0.39 is 0 Å². The summed E-state index contributed by atoms with van der Waals surface area (Å²) in [6.07, 6.45) is 2.88. The van der Waals surface area contributed by atoms with E-state index in [1.807, 2.05) is 25.1 Å². The molecule has 14 heavy (non-hydrogen) atoms. The minimum Gasteiger partial charge on any atom is -0.490 e. The standard InChI is InChI=1S/C12H15ClO/c1-8-3-5-11(8)14-12-6-4-10(13)7-9(12)2/h4,6-8,11H,3,5H2,1-2H3/t8-,11-/m1/s1. The summed E-state index contributed by atoms with van der Waals surface area (Å²) in [5.74, 6) is 1.68. The number of aryl methyl sites for hydroxylation is 1. The summed E-state index contributed by atoms with van der Waals surface area (Å²) >= 11 is 5.87. The molecule has 1 aliphatic carbocycles. The molecule has 1 aromatic carbocycles. The number of hydrogen-bond acceptors (Lipinski definition) is 1. The first-order valence-electron chi connectivity index (χ1n) is 5.09. The molecule has 1 aliphatic rings. The van der Waals surface area contributed by atoms with Crippen molar-refractivity contribution in [2.75, 3.05) is 0 Å². The van der Waals surface area contributed by atoms with E-state index >= 15 is 0 Å². The van der Waals surface area contributed by atoms with Gasteiger partial charge in [0, 0.05) is 5.02 Å². The maximum atomic E-state index is 5.89. The van der Waals surface area contributed by atoms with E-state index in [4.69, 9.17) is 16.3 Å². The molecule has 1 saturated carbocycles. The van der Waals surface area contributed by atoms with Crippen LogP contribution < -0.4 is 4.74 Å². The number of ether oxygens (including phenoxy) is 1. The molecule has 0 spiro atoms. The zero-order valence-corrected chi connectivity index (χ0v) is 9.34. The van der Waals surface area contributed by atoms with Crippen molar-refractivity contribution in [3.05, 3.63) is 28.8 Å². The lowest BCUT2D eigenvalue weighted by atomic mass is 9.83. The number of rotatable bonds is 2. The Morgan fingerprint density at radius 1 is 1.36 bits per heavy atom. The van der Waals surface area contributed by atoms with Crippen molar-refractivity contribution >= 4 is 11.6 Å². The van der Waals surface area contributed by atoms with E-state index in [9.17, 15) is 0 Å². The fourth-order valence-corrected chi connectivity index (χ4v) is 1.95. The first-order valence-corrected chi connectivity index (χ1v) is 5.47. The monoisotopic (exact) mass is 210 g/mol. The molecule has 0 aromatic heterocycles. The highest BCUT2D eigenvalue weighted by Gasteiger charge is 2.28. The first-order chi connectivity index (χ1) is 6.66. The SMILES string of the molecule is Cc1cc(Cl)ccc1O[C@@H]1CC[C@H]1C. The minimum absolute atomic E-state index is 0.412. The molecular weight excluding hydrogens is 196 g/mol. The average molecular weight is 211 g/mol. The highest BCUT2D eigenvalue weighted by Crippen LogP contribution is 2.32. The second-order valence-corrected chi connectivity index (χ2v) is 4.56. The summed E-state index contributed by atoms with van der Waals surface area (Å²) in [5.41, 5.74) is 1.12. The van der Waals surface area contributed by atoms with Crippen LogP contribution in [0.4, 0.5) is 0 Å². The molecule has 1 aromatic rings. The minimum atomic E-state index is 0.412. The van der Waals surface area contributed by atoms with Crippen molar-refractivity contribution in [3.8, 4) is 5.75 Å². The smallest absolute Gasteiger partial charge is 0.122 e. The van der Waals surface area contributed by atoms with Gasteiger partial charge >= 0.3 is 0 Å². The van der Waals surface area contributed by atoms with Gasteiger partial charge in [-0.05, 0) is 49.4 Å². The van der Waals surface area contributed by atoms with Gasteiger partial charge in [0.15, 0.2) is 0 Å². The van der Waals surface area contributed by atoms with Gasteiger partial charge in [-0.15, -0.1) is 0 Å². The van der Waals surface area contributed by atoms with Crippen LogP contribution in [0.1, 0.15) is 25.3 Å². The zero-order valence-electron chi connectivity index (χ0n) is 8.59. The van der Waals surface area contributed by atoms with Gasteiger partial charge in [0.25, 0.3) is 0 Å². The highest BCUT2D eigenvalue weighted by atomic mass is 35.5. The fraction of sp³-hybridized carbons (Fsp3) is 0.500. The summed E-state index contributed by atoms with van der Waals surface area (Å²) in [6, 6.07) is 5.79. The first kappa shape index (κ1) is 9.85. The molecule has 2 atom stereocenters. The molecule has 2 rings (SSSR count). The van der Waals surface area contributed by atoms with Gasteiger partial charge in [-0.3, -0.25) is 0 Å². The zero-order chi connectivity index (χ0) is 10.1. The highest BCUT2D eigenvalue weighted by molar-refractivity contribution is 6.30. The molecule has 76 valence electrons. The molecule has 0 aliphatic heterocycles. The third kappa shape index (κ3) is 1.88. The molecule has 1 fully saturated rings. The van der Waals surface area contributed by atoms with Crippen LogP contribution in [0.15, 0.2) is 18.2 Å². The van der Waals surface area contributed by atoms with Gasteiger partial charge in [-0.2, -0.15) is 0 Å². The van der Waals surface area contributed by atoms with Crippen LogP contribution >= 0.6 is 11.6 Å². The lowest BCUT2D eigenvalue weighted by Crippen LogP contribution is -2.34. The Hall–Kier alpha value is -0.690. The van der Waals surface area contributed by atoms with Crippen molar-refractivity contribution < 1.29 is 4.74 Å². The lowest BCUT2D eigenvalue weighted by molar-refractivity contribution is 0.0571. The van der Waals surface area contributed by atoms with Gasteiger partial charge in [0.05, 0.1) is 0 Å². The summed E-state index contributed by atoms with van der Waals surface area (Å²) in [7, 11) is 0. The van der Waals surface area contributed by atoms with Crippen LogP contribution in [-0.2, 0) is 0 Å². The topological polar surface area (TPSA) is 9.23 Å². The molecule has 1 nitrogen and oxygen atoms in total. The fourth-order valence-electron chi connectivity index (χ4n) is 1.72. The largest absolute Gasteiger partial charge is 0.490 e. The molecule has 0 saturated heterocycles. The molecule has 2 heteroatoms. The summed E-state index contributed by atoms with van der Waals surface area (Å²) in [6.45, 7) is 4.27. The predicted octanol–water partition coefficient (Wildman–Crippen LogP) is 3.83. The Kier molecular flexibility index (Phi) is 2.69. The van der Waals surface area contributed by atoms with Crippen molar-refractivity contribution in [2.24, 2.45) is 5.92 Å². The van der Waals surface area contributed by atoms with E-state index in [0.29, 0.717) is 12.0 Å². The van der Waals surface area contributed by atoms with Crippen molar-refractivity contribution in [1.29, 1.82) is 0 Å². The Bertz CT molecular complexity index is 335. The third-order valence-corrected chi connectivity index (χ3v) is 3.19. The molecule has 0 amide bonds. The van der Waals surface area contributed by atoms with Crippen molar-refractivity contribution in [1.82, 2.24) is 0 Å². The molecular formula is C12H15ClO. The van der Waals surface area contributed by atoms with Gasteiger partial charge in [-0.1, -0.05) is 18.5 Å². The van der Waals surface area contributed by atoms with E-state index in [1.165, 1.54) is 12.8 Å². The molecule has 0 unspecified atom stereocenters. The Labute approximate surface area is 90.0 Å². The maximum Gasteiger partial charge on any atom is 0.122 e. The molecule has 0 N–H and O–H groups in total. The van der Waals surface area contributed by atoms with Crippen LogP contribution in [0.2, 0.25) is 5.02 Å². The van der Waals surface area contributed by atoms with Crippen LogP contribution in [0.25, 0.3) is 0 Å². The van der Waals surface area contributed by atoms with E-state index in [-0.39, 0.29) is 0 Å². The number of benzene rings is 1. The number of halogens is 1. The second kappa shape index (κ2) is 3.82. The van der Waals surface area contributed by atoms with E-state index in [0.717, 1.165) is 16.3 Å². The molecule has 0 radical (unpaired) electrons. The second-order valence-electron chi connectivity index (χ2n) is 4.12. The third-order valence-electron chi connectivity index (χ3n) is 2.96. The Morgan fingerprint density at radius 3 is 2.64 bits per heavy atom. The van der Waals surface area contributed by atoms with Crippen LogP contribution in [0.5, 0.6) is 5.75 Å². The number of hydrogen-bond donors (Lipinski definition) is 0. The predicted molar refractivity (Wildman–Crippen MR) is 59.0 cm³/mol. The van der Waals surface area contributed by atoms with Crippen LogP contribution in [0.3, 0.4) is 0 Å². The summed E-state index contributed by atoms with van der Waals surface area (Å²) in [5, 5.41) is 0.775. The average Bonchev–Trinajstić information content (AvgIpc) is 2.14. The van der Waals surface area contributed by atoms with E-state index in [2.05, 4.69) is 6.92 Å². The lowest BCUT2D eigenvalue weighted by Gasteiger charge is -2.34.